The Morgan fingerprint density at radius 2 is 1.95 bits per heavy atom. The summed E-state index contributed by atoms with van der Waals surface area (Å²) in [6, 6.07) is 0.156. The molecule has 6 heteroatoms. The van der Waals surface area contributed by atoms with E-state index in [1.54, 1.807) is 6.20 Å². The van der Waals surface area contributed by atoms with Crippen LogP contribution in [-0.4, -0.2) is 45.3 Å². The molecule has 0 aliphatic rings. The Kier molecular flexibility index (Phi) is 6.55. The summed E-state index contributed by atoms with van der Waals surface area (Å²) >= 11 is 0. The molecule has 1 rings (SSSR count). The second-order valence-corrected chi connectivity index (χ2v) is 5.31. The summed E-state index contributed by atoms with van der Waals surface area (Å²) in [5.41, 5.74) is 0.490. The molecule has 0 fully saturated rings. The summed E-state index contributed by atoms with van der Waals surface area (Å²) in [4.78, 5) is 21.9. The summed E-state index contributed by atoms with van der Waals surface area (Å²) in [7, 11) is 0. The Hall–Kier alpha value is -1.69. The lowest BCUT2D eigenvalue weighted by molar-refractivity contribution is 0.0690. The van der Waals surface area contributed by atoms with Gasteiger partial charge in [-0.3, -0.25) is 0 Å². The number of aromatic nitrogens is 2. The molecule has 1 aromatic heterocycles. The van der Waals surface area contributed by atoms with Gasteiger partial charge in [-0.05, 0) is 12.8 Å². The predicted molar refractivity (Wildman–Crippen MR) is 81.9 cm³/mol. The lowest BCUT2D eigenvalue weighted by Crippen LogP contribution is -2.38. The number of anilines is 1. The molecule has 0 amide bonds. The molecule has 0 aromatic carbocycles. The number of rotatable bonds is 8. The minimum absolute atomic E-state index is 0.00838. The number of nitrogens with zero attached hydrogens (tertiary/aromatic N) is 3. The van der Waals surface area contributed by atoms with Crippen molar-refractivity contribution in [2.75, 3.05) is 18.1 Å². The highest BCUT2D eigenvalue weighted by molar-refractivity contribution is 5.92. The topological polar surface area (TPSA) is 86.5 Å². The Balaban J connectivity index is 3.32. The first kappa shape index (κ1) is 17.4. The van der Waals surface area contributed by atoms with Crippen molar-refractivity contribution < 1.29 is 15.0 Å². The van der Waals surface area contributed by atoms with Crippen molar-refractivity contribution in [3.05, 3.63) is 17.7 Å². The van der Waals surface area contributed by atoms with E-state index in [0.29, 0.717) is 18.1 Å². The molecule has 0 atom stereocenters. The molecule has 1 aromatic rings. The second kappa shape index (κ2) is 7.93. The minimum Gasteiger partial charge on any atom is -0.476 e. The number of aliphatic hydroxyl groups is 1. The molecule has 2 N–H and O–H groups in total. The zero-order valence-corrected chi connectivity index (χ0v) is 13.2. The number of hydrogen-bond acceptors (Lipinski definition) is 5. The summed E-state index contributed by atoms with van der Waals surface area (Å²) in [5.74, 6) is -0.482. The van der Waals surface area contributed by atoms with Crippen LogP contribution in [0.25, 0.3) is 0 Å². The third-order valence-corrected chi connectivity index (χ3v) is 3.54. The van der Waals surface area contributed by atoms with E-state index in [1.165, 1.54) is 0 Å². The molecule has 0 spiro atoms. The van der Waals surface area contributed by atoms with E-state index in [1.807, 2.05) is 32.6 Å². The van der Waals surface area contributed by atoms with Crippen LogP contribution in [0.1, 0.15) is 62.8 Å². The van der Waals surface area contributed by atoms with E-state index < -0.39 is 5.97 Å². The van der Waals surface area contributed by atoms with Gasteiger partial charge in [0.1, 0.15) is 5.82 Å². The monoisotopic (exact) mass is 295 g/mol. The fourth-order valence-corrected chi connectivity index (χ4v) is 2.37. The zero-order chi connectivity index (χ0) is 16.0. The van der Waals surface area contributed by atoms with Gasteiger partial charge in [0, 0.05) is 18.5 Å². The van der Waals surface area contributed by atoms with E-state index in [-0.39, 0.29) is 24.3 Å². The fraction of sp³-hybridized carbons (Fsp3) is 0.667. The maximum atomic E-state index is 11.5. The second-order valence-electron chi connectivity index (χ2n) is 5.31. The molecule has 6 nitrogen and oxygen atoms in total. The molecular formula is C15H25N3O3. The van der Waals surface area contributed by atoms with Gasteiger partial charge < -0.3 is 15.1 Å². The molecular weight excluding hydrogens is 270 g/mol. The number of hydrogen-bond donors (Lipinski definition) is 2. The normalized spacial score (nSPS) is 11.2. The molecule has 0 saturated carbocycles. The van der Waals surface area contributed by atoms with Gasteiger partial charge in [-0.15, -0.1) is 0 Å². The van der Waals surface area contributed by atoms with Crippen LogP contribution in [0.2, 0.25) is 0 Å². The molecule has 0 aliphatic carbocycles. The third-order valence-electron chi connectivity index (χ3n) is 3.54. The zero-order valence-electron chi connectivity index (χ0n) is 13.2. The number of aromatic carboxylic acids is 1. The maximum Gasteiger partial charge on any atom is 0.356 e. The molecule has 118 valence electrons. The first-order chi connectivity index (χ1) is 9.96. The lowest BCUT2D eigenvalue weighted by Gasteiger charge is -2.32. The summed E-state index contributed by atoms with van der Waals surface area (Å²) in [6.07, 6.45) is 3.29. The molecule has 0 saturated heterocycles. The van der Waals surface area contributed by atoms with Gasteiger partial charge in [0.2, 0.25) is 0 Å². The van der Waals surface area contributed by atoms with Gasteiger partial charge >= 0.3 is 5.97 Å². The Labute approximate surface area is 125 Å². The number of carboxylic acid groups (broad SMARTS) is 1. The van der Waals surface area contributed by atoms with Crippen LogP contribution < -0.4 is 4.90 Å². The summed E-state index contributed by atoms with van der Waals surface area (Å²) in [5, 5.41) is 18.7. The average molecular weight is 295 g/mol. The van der Waals surface area contributed by atoms with Crippen molar-refractivity contribution in [2.45, 2.75) is 52.5 Å². The minimum atomic E-state index is -1.07. The van der Waals surface area contributed by atoms with Crippen molar-refractivity contribution in [3.63, 3.8) is 0 Å². The standard InChI is InChI=1S/C15H25N3O3/c1-5-11(6-2)18(7-8-19)12-9-16-14(10(3)4)17-13(12)15(20)21/h9-11,19H,5-8H2,1-4H3,(H,20,21). The summed E-state index contributed by atoms with van der Waals surface area (Å²) in [6.45, 7) is 8.27. The number of aliphatic hydroxyl groups excluding tert-OH is 1. The van der Waals surface area contributed by atoms with E-state index >= 15 is 0 Å². The molecule has 21 heavy (non-hydrogen) atoms. The Morgan fingerprint density at radius 1 is 1.33 bits per heavy atom. The van der Waals surface area contributed by atoms with Crippen molar-refractivity contribution >= 4 is 11.7 Å². The van der Waals surface area contributed by atoms with Gasteiger partial charge in [-0.2, -0.15) is 0 Å². The largest absolute Gasteiger partial charge is 0.476 e. The highest BCUT2D eigenvalue weighted by Crippen LogP contribution is 2.24. The van der Waals surface area contributed by atoms with Crippen LogP contribution in [-0.2, 0) is 0 Å². The fourth-order valence-electron chi connectivity index (χ4n) is 2.37. The van der Waals surface area contributed by atoms with Gasteiger partial charge in [0.05, 0.1) is 18.5 Å². The van der Waals surface area contributed by atoms with Crippen LogP contribution in [0.3, 0.4) is 0 Å². The van der Waals surface area contributed by atoms with Crippen LogP contribution in [0.4, 0.5) is 5.69 Å². The van der Waals surface area contributed by atoms with Crippen LogP contribution >= 0.6 is 0 Å². The lowest BCUT2D eigenvalue weighted by atomic mass is 10.1. The van der Waals surface area contributed by atoms with E-state index in [2.05, 4.69) is 9.97 Å². The number of carbonyl (C=O) groups is 1. The van der Waals surface area contributed by atoms with E-state index in [9.17, 15) is 15.0 Å². The van der Waals surface area contributed by atoms with Gasteiger partial charge in [-0.1, -0.05) is 27.7 Å². The average Bonchev–Trinajstić information content (AvgIpc) is 2.46. The van der Waals surface area contributed by atoms with Crippen molar-refractivity contribution in [2.24, 2.45) is 0 Å². The third kappa shape index (κ3) is 4.14. The van der Waals surface area contributed by atoms with Crippen LogP contribution in [0.15, 0.2) is 6.20 Å². The van der Waals surface area contributed by atoms with Gasteiger partial charge in [-0.25, -0.2) is 14.8 Å². The van der Waals surface area contributed by atoms with Gasteiger partial charge in [0.25, 0.3) is 0 Å². The SMILES string of the molecule is CCC(CC)N(CCO)c1cnc(C(C)C)nc1C(=O)O. The number of carboxylic acids is 1. The molecule has 0 radical (unpaired) electrons. The van der Waals surface area contributed by atoms with Crippen LogP contribution in [0.5, 0.6) is 0 Å². The van der Waals surface area contributed by atoms with E-state index in [4.69, 9.17) is 0 Å². The van der Waals surface area contributed by atoms with Crippen LogP contribution in [0, 0.1) is 0 Å². The molecule has 0 aliphatic heterocycles. The first-order valence-corrected chi connectivity index (χ1v) is 7.43. The molecule has 1 heterocycles. The quantitative estimate of drug-likeness (QED) is 0.765. The highest BCUT2D eigenvalue weighted by atomic mass is 16.4. The van der Waals surface area contributed by atoms with E-state index in [0.717, 1.165) is 12.8 Å². The Morgan fingerprint density at radius 3 is 2.38 bits per heavy atom. The van der Waals surface area contributed by atoms with Gasteiger partial charge in [0.15, 0.2) is 5.69 Å². The summed E-state index contributed by atoms with van der Waals surface area (Å²) < 4.78 is 0. The smallest absolute Gasteiger partial charge is 0.356 e. The van der Waals surface area contributed by atoms with Crippen molar-refractivity contribution in [3.8, 4) is 0 Å². The van der Waals surface area contributed by atoms with Crippen molar-refractivity contribution in [1.82, 2.24) is 9.97 Å². The maximum absolute atomic E-state index is 11.5. The predicted octanol–water partition coefficient (Wildman–Crippen LogP) is 2.29. The first-order valence-electron chi connectivity index (χ1n) is 7.43. The highest BCUT2D eigenvalue weighted by Gasteiger charge is 2.23. The van der Waals surface area contributed by atoms with Crippen molar-refractivity contribution in [1.29, 1.82) is 0 Å². The molecule has 0 unspecified atom stereocenters. The Bertz CT molecular complexity index is 473. The molecule has 0 bridgehead atoms.